The molecule has 0 fully saturated rings. The molecule has 0 bridgehead atoms. The molecule has 3 heteroatoms. The fourth-order valence-electron chi connectivity index (χ4n) is 7.78. The summed E-state index contributed by atoms with van der Waals surface area (Å²) < 4.78 is 6.58. The molecule has 10 rings (SSSR count). The molecule has 0 unspecified atom stereocenters. The van der Waals surface area contributed by atoms with Gasteiger partial charge in [0.15, 0.2) is 0 Å². The minimum absolute atomic E-state index is 0.943. The van der Waals surface area contributed by atoms with E-state index in [4.69, 9.17) is 4.42 Å². The SMILES string of the molecule is CS1(C)c2cc(N(c3ccc(-c4ccc5ccccc5c4)cc3)c3ccc4ccccc4c3)ccc2-c2c1ccc1c2oc2ccccc21. The molecule has 1 aliphatic rings. The Hall–Kier alpha value is -5.77. The maximum atomic E-state index is 6.58. The molecule has 0 saturated heterocycles. The second-order valence-electron chi connectivity index (χ2n) is 13.4. The number of hydrogen-bond acceptors (Lipinski definition) is 2. The molecule has 1 aromatic heterocycles. The van der Waals surface area contributed by atoms with Crippen molar-refractivity contribution >= 4 is 70.6 Å². The van der Waals surface area contributed by atoms with Crippen LogP contribution in [0, 0.1) is 0 Å². The second-order valence-corrected chi connectivity index (χ2v) is 16.9. The highest BCUT2D eigenvalue weighted by molar-refractivity contribution is 8.33. The Kier molecular flexibility index (Phi) is 6.12. The molecule has 2 nitrogen and oxygen atoms in total. The lowest BCUT2D eigenvalue weighted by Crippen LogP contribution is -2.10. The van der Waals surface area contributed by atoms with E-state index < -0.39 is 10.0 Å². The smallest absolute Gasteiger partial charge is 0.144 e. The molecule has 0 radical (unpaired) electrons. The molecule has 9 aromatic rings. The van der Waals surface area contributed by atoms with Crippen LogP contribution in [0.15, 0.2) is 178 Å². The van der Waals surface area contributed by atoms with Crippen LogP contribution in [0.4, 0.5) is 17.1 Å². The quantitative estimate of drug-likeness (QED) is 0.189. The van der Waals surface area contributed by atoms with Gasteiger partial charge >= 0.3 is 0 Å². The normalized spacial score (nSPS) is 13.9. The molecule has 0 N–H and O–H groups in total. The van der Waals surface area contributed by atoms with Crippen LogP contribution in [0.1, 0.15) is 0 Å². The van der Waals surface area contributed by atoms with E-state index in [-0.39, 0.29) is 0 Å². The lowest BCUT2D eigenvalue weighted by Gasteiger charge is -2.31. The third-order valence-corrected chi connectivity index (χ3v) is 13.2. The van der Waals surface area contributed by atoms with Gasteiger partial charge in [0.1, 0.15) is 11.2 Å². The van der Waals surface area contributed by atoms with Gasteiger partial charge in [-0.1, -0.05) is 103 Å². The summed E-state index contributed by atoms with van der Waals surface area (Å²) in [5.74, 6) is 0. The van der Waals surface area contributed by atoms with Crippen LogP contribution < -0.4 is 4.90 Å². The van der Waals surface area contributed by atoms with Crippen molar-refractivity contribution < 1.29 is 4.42 Å². The van der Waals surface area contributed by atoms with Gasteiger partial charge in [-0.2, -0.15) is 10.0 Å². The van der Waals surface area contributed by atoms with Gasteiger partial charge < -0.3 is 9.32 Å². The summed E-state index contributed by atoms with van der Waals surface area (Å²) in [7, 11) is -1.30. The molecular formula is C46H33NOS. The van der Waals surface area contributed by atoms with Crippen LogP contribution in [0.25, 0.3) is 65.7 Å². The van der Waals surface area contributed by atoms with Crippen LogP contribution >= 0.6 is 10.0 Å². The molecular weight excluding hydrogens is 615 g/mol. The summed E-state index contributed by atoms with van der Waals surface area (Å²) >= 11 is 0. The van der Waals surface area contributed by atoms with Crippen molar-refractivity contribution in [3.05, 3.63) is 164 Å². The zero-order valence-electron chi connectivity index (χ0n) is 27.4. The van der Waals surface area contributed by atoms with Crippen LogP contribution in [-0.4, -0.2) is 12.5 Å². The molecule has 1 aliphatic heterocycles. The zero-order chi connectivity index (χ0) is 32.7. The predicted molar refractivity (Wildman–Crippen MR) is 210 cm³/mol. The zero-order valence-corrected chi connectivity index (χ0v) is 28.2. The lowest BCUT2D eigenvalue weighted by atomic mass is 10.0. The van der Waals surface area contributed by atoms with E-state index in [1.807, 2.05) is 0 Å². The standard InChI is InChI=1S/C46H33NOS/c1-49(2)43-26-25-40-39-13-7-8-14-42(39)48-46(40)45(43)41-24-23-38(29-44(41)49)47(37-22-19-31-10-4-6-12-34(31)28-37)36-20-17-32(18-21-36)35-16-15-30-9-3-5-11-33(30)27-35/h3-29H,1-2H3. The molecule has 8 aromatic carbocycles. The van der Waals surface area contributed by atoms with Crippen molar-refractivity contribution in [3.8, 4) is 22.3 Å². The maximum absolute atomic E-state index is 6.58. The van der Waals surface area contributed by atoms with E-state index in [9.17, 15) is 0 Å². The first-order valence-corrected chi connectivity index (χ1v) is 19.2. The number of para-hydroxylation sites is 1. The largest absolute Gasteiger partial charge is 0.455 e. The monoisotopic (exact) mass is 647 g/mol. The summed E-state index contributed by atoms with van der Waals surface area (Å²) in [6.07, 6.45) is 4.85. The average Bonchev–Trinajstić information content (AvgIpc) is 3.64. The van der Waals surface area contributed by atoms with Crippen LogP contribution in [0.5, 0.6) is 0 Å². The Bertz CT molecular complexity index is 2760. The Morgan fingerprint density at radius 1 is 0.449 bits per heavy atom. The van der Waals surface area contributed by atoms with Crippen molar-refractivity contribution in [3.63, 3.8) is 0 Å². The Morgan fingerprint density at radius 3 is 1.86 bits per heavy atom. The number of fused-ring (bicyclic) bond motifs is 9. The number of anilines is 3. The molecule has 49 heavy (non-hydrogen) atoms. The van der Waals surface area contributed by atoms with Gasteiger partial charge in [0.2, 0.25) is 0 Å². The summed E-state index contributed by atoms with van der Waals surface area (Å²) in [4.78, 5) is 5.20. The van der Waals surface area contributed by atoms with Gasteiger partial charge in [-0.3, -0.25) is 0 Å². The first kappa shape index (κ1) is 28.3. The topological polar surface area (TPSA) is 16.4 Å². The number of nitrogens with zero attached hydrogens (tertiary/aromatic N) is 1. The van der Waals surface area contributed by atoms with Gasteiger partial charge in [0.05, 0.1) is 0 Å². The van der Waals surface area contributed by atoms with Crippen molar-refractivity contribution in [2.24, 2.45) is 0 Å². The fraction of sp³-hybridized carbons (Fsp3) is 0.0435. The lowest BCUT2D eigenvalue weighted by molar-refractivity contribution is 0.669. The maximum Gasteiger partial charge on any atom is 0.144 e. The third-order valence-electron chi connectivity index (χ3n) is 10.3. The number of furan rings is 1. The first-order chi connectivity index (χ1) is 24.0. The second kappa shape index (κ2) is 10.6. The van der Waals surface area contributed by atoms with Gasteiger partial charge in [0, 0.05) is 43.2 Å². The Morgan fingerprint density at radius 2 is 1.06 bits per heavy atom. The number of rotatable bonds is 4. The molecule has 2 heterocycles. The number of benzene rings is 8. The third kappa shape index (κ3) is 4.36. The van der Waals surface area contributed by atoms with E-state index in [0.717, 1.165) is 28.2 Å². The van der Waals surface area contributed by atoms with Gasteiger partial charge in [-0.05, 0) is 111 Å². The summed E-state index contributed by atoms with van der Waals surface area (Å²) in [6.45, 7) is 0. The summed E-state index contributed by atoms with van der Waals surface area (Å²) in [6, 6.07) is 59.7. The summed E-state index contributed by atoms with van der Waals surface area (Å²) in [5, 5.41) is 7.34. The first-order valence-electron chi connectivity index (χ1n) is 16.7. The van der Waals surface area contributed by atoms with Gasteiger partial charge in [0.25, 0.3) is 0 Å². The predicted octanol–water partition coefficient (Wildman–Crippen LogP) is 13.5. The molecule has 0 saturated carbocycles. The average molecular weight is 648 g/mol. The minimum Gasteiger partial charge on any atom is -0.455 e. The number of hydrogen-bond donors (Lipinski definition) is 0. The van der Waals surface area contributed by atoms with Crippen molar-refractivity contribution in [2.75, 3.05) is 17.4 Å². The van der Waals surface area contributed by atoms with Crippen molar-refractivity contribution in [1.82, 2.24) is 0 Å². The van der Waals surface area contributed by atoms with E-state index in [2.05, 4.69) is 181 Å². The highest BCUT2D eigenvalue weighted by Gasteiger charge is 2.35. The molecule has 0 amide bonds. The van der Waals surface area contributed by atoms with Crippen molar-refractivity contribution in [1.29, 1.82) is 0 Å². The van der Waals surface area contributed by atoms with Gasteiger partial charge in [-0.25, -0.2) is 0 Å². The molecule has 0 aliphatic carbocycles. The Balaban J connectivity index is 1.13. The van der Waals surface area contributed by atoms with Crippen molar-refractivity contribution in [2.45, 2.75) is 9.79 Å². The molecule has 0 spiro atoms. The fourth-order valence-corrected chi connectivity index (χ4v) is 10.3. The van der Waals surface area contributed by atoms with Crippen LogP contribution in [0.2, 0.25) is 0 Å². The van der Waals surface area contributed by atoms with Crippen LogP contribution in [0.3, 0.4) is 0 Å². The van der Waals surface area contributed by atoms with E-state index in [1.54, 1.807) is 0 Å². The van der Waals surface area contributed by atoms with Crippen LogP contribution in [-0.2, 0) is 0 Å². The van der Waals surface area contributed by atoms with Gasteiger partial charge in [-0.15, -0.1) is 0 Å². The molecule has 0 atom stereocenters. The minimum atomic E-state index is -1.30. The highest BCUT2D eigenvalue weighted by atomic mass is 32.3. The Labute approximate surface area is 287 Å². The van der Waals surface area contributed by atoms with E-state index in [1.165, 1.54) is 64.4 Å². The highest BCUT2D eigenvalue weighted by Crippen LogP contribution is 2.69. The summed E-state index contributed by atoms with van der Waals surface area (Å²) in [5.41, 5.74) is 10.3. The molecule has 234 valence electrons. The van der Waals surface area contributed by atoms with E-state index >= 15 is 0 Å². The van der Waals surface area contributed by atoms with E-state index in [0.29, 0.717) is 0 Å².